The summed E-state index contributed by atoms with van der Waals surface area (Å²) in [6, 6.07) is 10.0. The molecule has 148 valence electrons. The molecule has 0 fully saturated rings. The first-order valence-corrected chi connectivity index (χ1v) is 10.9. The summed E-state index contributed by atoms with van der Waals surface area (Å²) in [6.07, 6.45) is 1.07. The quantitative estimate of drug-likeness (QED) is 0.802. The topological polar surface area (TPSA) is 83.6 Å². The van der Waals surface area contributed by atoms with Crippen molar-refractivity contribution in [2.24, 2.45) is 0 Å². The van der Waals surface area contributed by atoms with Gasteiger partial charge >= 0.3 is 0 Å². The van der Waals surface area contributed by atoms with Crippen molar-refractivity contribution in [1.82, 2.24) is 4.90 Å². The fourth-order valence-corrected chi connectivity index (χ4v) is 3.92. The van der Waals surface area contributed by atoms with E-state index in [0.29, 0.717) is 16.8 Å². The molecule has 1 unspecified atom stereocenters. The number of carbonyl (C=O) groups excluding carboxylic acids is 2. The zero-order valence-electron chi connectivity index (χ0n) is 15.6. The number of fused-ring (bicyclic) bond motifs is 1. The Bertz CT molecular complexity index is 1040. The van der Waals surface area contributed by atoms with Crippen LogP contribution in [0.15, 0.2) is 42.5 Å². The molecule has 0 aliphatic carbocycles. The maximum absolute atomic E-state index is 13.3. The van der Waals surface area contributed by atoms with Crippen LogP contribution in [0.1, 0.15) is 27.9 Å². The summed E-state index contributed by atoms with van der Waals surface area (Å²) in [6.45, 7) is 1.89. The number of rotatable bonds is 6. The van der Waals surface area contributed by atoms with Crippen LogP contribution in [0.3, 0.4) is 0 Å². The SMILES string of the molecule is Cc1cc(F)ccc1NC(=O)C(CCS(C)(=O)=O)N1Cc2ccccc2C1=O. The van der Waals surface area contributed by atoms with Crippen LogP contribution in [-0.4, -0.2) is 43.2 Å². The Kier molecular flexibility index (Phi) is 5.51. The van der Waals surface area contributed by atoms with Crippen molar-refractivity contribution < 1.29 is 22.4 Å². The highest BCUT2D eigenvalue weighted by Gasteiger charge is 2.36. The molecule has 0 saturated carbocycles. The average Bonchev–Trinajstić information content (AvgIpc) is 2.94. The standard InChI is InChI=1S/C20H21FN2O4S/c1-13-11-15(21)7-8-17(13)22-19(24)18(9-10-28(2,26)27)23-12-14-5-3-4-6-16(14)20(23)25/h3-8,11,18H,9-10,12H2,1-2H3,(H,22,24). The number of hydrogen-bond acceptors (Lipinski definition) is 4. The third-order valence-electron chi connectivity index (χ3n) is 4.74. The third kappa shape index (κ3) is 4.39. The van der Waals surface area contributed by atoms with Gasteiger partial charge in [-0.2, -0.15) is 0 Å². The van der Waals surface area contributed by atoms with E-state index in [0.717, 1.165) is 11.8 Å². The number of nitrogens with one attached hydrogen (secondary N) is 1. The second-order valence-corrected chi connectivity index (χ2v) is 9.23. The highest BCUT2D eigenvalue weighted by atomic mass is 32.2. The van der Waals surface area contributed by atoms with Crippen LogP contribution in [0.2, 0.25) is 0 Å². The van der Waals surface area contributed by atoms with Gasteiger partial charge in [0, 0.05) is 24.1 Å². The van der Waals surface area contributed by atoms with Crippen LogP contribution < -0.4 is 5.32 Å². The van der Waals surface area contributed by atoms with Crippen molar-refractivity contribution in [1.29, 1.82) is 0 Å². The number of amides is 2. The number of carbonyl (C=O) groups is 2. The number of hydrogen-bond donors (Lipinski definition) is 1. The molecular weight excluding hydrogens is 383 g/mol. The lowest BCUT2D eigenvalue weighted by molar-refractivity contribution is -0.120. The summed E-state index contributed by atoms with van der Waals surface area (Å²) < 4.78 is 36.6. The molecule has 6 nitrogen and oxygen atoms in total. The van der Waals surface area contributed by atoms with Crippen LogP contribution in [0.4, 0.5) is 10.1 Å². The zero-order chi connectivity index (χ0) is 20.5. The summed E-state index contributed by atoms with van der Waals surface area (Å²) in [5.41, 5.74) is 2.26. The van der Waals surface area contributed by atoms with Gasteiger partial charge in [-0.1, -0.05) is 18.2 Å². The largest absolute Gasteiger partial charge is 0.324 e. The Morgan fingerprint density at radius 2 is 1.96 bits per heavy atom. The Labute approximate surface area is 163 Å². The monoisotopic (exact) mass is 404 g/mol. The highest BCUT2D eigenvalue weighted by molar-refractivity contribution is 7.90. The zero-order valence-corrected chi connectivity index (χ0v) is 16.4. The molecule has 0 saturated heterocycles. The third-order valence-corrected chi connectivity index (χ3v) is 5.71. The van der Waals surface area contributed by atoms with E-state index in [-0.39, 0.29) is 24.6 Å². The van der Waals surface area contributed by atoms with E-state index in [4.69, 9.17) is 0 Å². The predicted octanol–water partition coefficient (Wildman–Crippen LogP) is 2.53. The Balaban J connectivity index is 1.87. The minimum Gasteiger partial charge on any atom is -0.324 e. The first-order valence-electron chi connectivity index (χ1n) is 8.79. The van der Waals surface area contributed by atoms with Gasteiger partial charge in [-0.3, -0.25) is 9.59 Å². The van der Waals surface area contributed by atoms with Crippen LogP contribution in [0.5, 0.6) is 0 Å². The first-order chi connectivity index (χ1) is 13.2. The molecule has 1 aliphatic rings. The number of halogens is 1. The summed E-state index contributed by atoms with van der Waals surface area (Å²) in [5, 5.41) is 2.70. The molecule has 2 amide bonds. The molecule has 2 aromatic carbocycles. The molecular formula is C20H21FN2O4S. The normalized spacial score (nSPS) is 14.7. The molecule has 1 aliphatic heterocycles. The van der Waals surface area contributed by atoms with Crippen molar-refractivity contribution in [2.45, 2.75) is 25.9 Å². The van der Waals surface area contributed by atoms with Gasteiger partial charge in [-0.25, -0.2) is 12.8 Å². The van der Waals surface area contributed by atoms with Crippen LogP contribution in [-0.2, 0) is 21.2 Å². The van der Waals surface area contributed by atoms with E-state index in [1.807, 2.05) is 12.1 Å². The van der Waals surface area contributed by atoms with Crippen LogP contribution in [0.25, 0.3) is 0 Å². The lowest BCUT2D eigenvalue weighted by Gasteiger charge is -2.27. The molecule has 28 heavy (non-hydrogen) atoms. The lowest BCUT2D eigenvalue weighted by Crippen LogP contribution is -2.45. The average molecular weight is 404 g/mol. The summed E-state index contributed by atoms with van der Waals surface area (Å²) in [7, 11) is -3.32. The van der Waals surface area contributed by atoms with Gasteiger partial charge in [0.2, 0.25) is 5.91 Å². The Morgan fingerprint density at radius 1 is 1.25 bits per heavy atom. The predicted molar refractivity (Wildman–Crippen MR) is 104 cm³/mol. The van der Waals surface area contributed by atoms with Crippen molar-refractivity contribution in [2.75, 3.05) is 17.3 Å². The van der Waals surface area contributed by atoms with E-state index < -0.39 is 27.6 Å². The van der Waals surface area contributed by atoms with Crippen molar-refractivity contribution in [3.63, 3.8) is 0 Å². The van der Waals surface area contributed by atoms with Crippen LogP contribution in [0, 0.1) is 12.7 Å². The molecule has 8 heteroatoms. The van der Waals surface area contributed by atoms with Gasteiger partial charge in [-0.15, -0.1) is 0 Å². The molecule has 0 radical (unpaired) electrons. The van der Waals surface area contributed by atoms with Gasteiger partial charge in [0.25, 0.3) is 5.91 Å². The van der Waals surface area contributed by atoms with Gasteiger partial charge in [0.15, 0.2) is 0 Å². The molecule has 0 aromatic heterocycles. The van der Waals surface area contributed by atoms with E-state index >= 15 is 0 Å². The summed E-state index contributed by atoms with van der Waals surface area (Å²) >= 11 is 0. The minimum absolute atomic E-state index is 0.0232. The van der Waals surface area contributed by atoms with E-state index in [1.54, 1.807) is 19.1 Å². The number of sulfone groups is 1. The lowest BCUT2D eigenvalue weighted by atomic mass is 10.1. The molecule has 0 bridgehead atoms. The van der Waals surface area contributed by atoms with Crippen molar-refractivity contribution >= 4 is 27.3 Å². The summed E-state index contributed by atoms with van der Waals surface area (Å²) in [4.78, 5) is 27.1. The van der Waals surface area contributed by atoms with E-state index in [9.17, 15) is 22.4 Å². The van der Waals surface area contributed by atoms with E-state index in [1.165, 1.54) is 23.1 Å². The molecule has 1 heterocycles. The number of aryl methyl sites for hydroxylation is 1. The Hall–Kier alpha value is -2.74. The molecule has 2 aromatic rings. The maximum Gasteiger partial charge on any atom is 0.255 e. The summed E-state index contributed by atoms with van der Waals surface area (Å²) in [5.74, 6) is -1.46. The van der Waals surface area contributed by atoms with Gasteiger partial charge < -0.3 is 10.2 Å². The molecule has 1 atom stereocenters. The van der Waals surface area contributed by atoms with Gasteiger partial charge in [-0.05, 0) is 48.7 Å². The van der Waals surface area contributed by atoms with Crippen LogP contribution >= 0.6 is 0 Å². The fraction of sp³-hybridized carbons (Fsp3) is 0.300. The maximum atomic E-state index is 13.3. The second kappa shape index (κ2) is 7.71. The van der Waals surface area contributed by atoms with Crippen molar-refractivity contribution in [3.8, 4) is 0 Å². The smallest absolute Gasteiger partial charge is 0.255 e. The number of anilines is 1. The molecule has 1 N–H and O–H groups in total. The molecule has 3 rings (SSSR count). The van der Waals surface area contributed by atoms with E-state index in [2.05, 4.69) is 5.32 Å². The Morgan fingerprint density at radius 3 is 2.61 bits per heavy atom. The number of benzene rings is 2. The number of nitrogens with zero attached hydrogens (tertiary/aromatic N) is 1. The van der Waals surface area contributed by atoms with Crippen molar-refractivity contribution in [3.05, 3.63) is 65.0 Å². The fourth-order valence-electron chi connectivity index (χ4n) is 3.27. The minimum atomic E-state index is -3.32. The van der Waals surface area contributed by atoms with Gasteiger partial charge in [0.05, 0.1) is 5.75 Å². The second-order valence-electron chi connectivity index (χ2n) is 6.97. The first kappa shape index (κ1) is 20.0. The van der Waals surface area contributed by atoms with Gasteiger partial charge in [0.1, 0.15) is 21.7 Å². The molecule has 0 spiro atoms. The highest BCUT2D eigenvalue weighted by Crippen LogP contribution is 2.27.